The summed E-state index contributed by atoms with van der Waals surface area (Å²) in [6, 6.07) is 92.3. The zero-order valence-corrected chi connectivity index (χ0v) is 38.8. The molecule has 14 rings (SSSR count). The van der Waals surface area contributed by atoms with Gasteiger partial charge in [0.2, 0.25) is 0 Å². The average Bonchev–Trinajstić information content (AvgIpc) is 4.11. The predicted octanol–water partition coefficient (Wildman–Crippen LogP) is 19.2. The molecule has 0 radical (unpaired) electrons. The van der Waals surface area contributed by atoms with Gasteiger partial charge in [-0.3, -0.25) is 0 Å². The van der Waals surface area contributed by atoms with Crippen LogP contribution in [0.15, 0.2) is 259 Å². The lowest BCUT2D eigenvalue weighted by Gasteiger charge is -2.26. The third kappa shape index (κ3) is 6.64. The molecule has 0 N–H and O–H groups in total. The van der Waals surface area contributed by atoms with Crippen molar-refractivity contribution >= 4 is 92.3 Å². The number of hydrogen-bond acceptors (Lipinski definition) is 3. The number of para-hydroxylation sites is 3. The highest BCUT2D eigenvalue weighted by atomic mass is 32.1. The number of benzene rings is 11. The van der Waals surface area contributed by atoms with Crippen LogP contribution in [0.1, 0.15) is 0 Å². The van der Waals surface area contributed by atoms with E-state index in [0.29, 0.717) is 0 Å². The molecule has 328 valence electrons. The topological polar surface area (TPSA) is 21.3 Å². The van der Waals surface area contributed by atoms with Crippen molar-refractivity contribution in [1.82, 2.24) is 4.57 Å². The minimum absolute atomic E-state index is 0.888. The van der Waals surface area contributed by atoms with Crippen LogP contribution in [0.3, 0.4) is 0 Å². The largest absolute Gasteiger partial charge is 0.455 e. The van der Waals surface area contributed by atoms with Crippen LogP contribution < -0.4 is 4.90 Å². The number of thiophene rings is 1. The van der Waals surface area contributed by atoms with Gasteiger partial charge in [-0.25, -0.2) is 0 Å². The van der Waals surface area contributed by atoms with Crippen LogP contribution in [-0.4, -0.2) is 4.57 Å². The number of fused-ring (bicyclic) bond motifs is 9. The summed E-state index contributed by atoms with van der Waals surface area (Å²) in [5.41, 5.74) is 17.9. The minimum Gasteiger partial charge on any atom is -0.455 e. The summed E-state index contributed by atoms with van der Waals surface area (Å²) < 4.78 is 11.5. The van der Waals surface area contributed by atoms with E-state index in [1.54, 1.807) is 0 Å². The maximum absolute atomic E-state index is 6.53. The van der Waals surface area contributed by atoms with Gasteiger partial charge in [0.1, 0.15) is 11.2 Å². The Balaban J connectivity index is 0.852. The highest BCUT2D eigenvalue weighted by molar-refractivity contribution is 7.25. The van der Waals surface area contributed by atoms with Crippen molar-refractivity contribution in [2.75, 3.05) is 4.90 Å². The molecule has 3 aromatic heterocycles. The molecule has 3 heterocycles. The fraction of sp³-hybridized carbons (Fsp3) is 0. The van der Waals surface area contributed by atoms with Crippen molar-refractivity contribution in [3.8, 4) is 50.2 Å². The van der Waals surface area contributed by atoms with E-state index in [-0.39, 0.29) is 0 Å². The van der Waals surface area contributed by atoms with Gasteiger partial charge in [-0.15, -0.1) is 11.3 Å². The summed E-state index contributed by atoms with van der Waals surface area (Å²) in [5, 5.41) is 7.36. The lowest BCUT2D eigenvalue weighted by atomic mass is 9.98. The summed E-state index contributed by atoms with van der Waals surface area (Å²) in [6.45, 7) is 0. The van der Waals surface area contributed by atoms with Gasteiger partial charge < -0.3 is 13.9 Å². The van der Waals surface area contributed by atoms with Crippen LogP contribution in [0.5, 0.6) is 0 Å². The van der Waals surface area contributed by atoms with Crippen molar-refractivity contribution in [3.63, 3.8) is 0 Å². The lowest BCUT2D eigenvalue weighted by Crippen LogP contribution is -2.09. The third-order valence-corrected chi connectivity index (χ3v) is 15.2. The minimum atomic E-state index is 0.888. The summed E-state index contributed by atoms with van der Waals surface area (Å²) >= 11 is 1.86. The molecule has 0 aliphatic rings. The molecule has 0 saturated carbocycles. The van der Waals surface area contributed by atoms with Crippen molar-refractivity contribution in [2.24, 2.45) is 0 Å². The van der Waals surface area contributed by atoms with Gasteiger partial charge in [0.25, 0.3) is 0 Å². The smallest absolute Gasteiger partial charge is 0.143 e. The lowest BCUT2D eigenvalue weighted by molar-refractivity contribution is 0.670. The molecule has 0 saturated heterocycles. The first-order chi connectivity index (χ1) is 34.7. The second-order valence-electron chi connectivity index (χ2n) is 18.0. The van der Waals surface area contributed by atoms with Gasteiger partial charge in [0, 0.05) is 70.0 Å². The van der Waals surface area contributed by atoms with Gasteiger partial charge in [0.05, 0.1) is 11.0 Å². The highest BCUT2D eigenvalue weighted by Gasteiger charge is 2.19. The van der Waals surface area contributed by atoms with Crippen LogP contribution in [0.4, 0.5) is 17.1 Å². The molecule has 14 aromatic rings. The first-order valence-electron chi connectivity index (χ1n) is 23.8. The molecule has 0 atom stereocenters. The van der Waals surface area contributed by atoms with Crippen molar-refractivity contribution in [3.05, 3.63) is 255 Å². The van der Waals surface area contributed by atoms with Crippen molar-refractivity contribution in [1.29, 1.82) is 0 Å². The Bertz CT molecular complexity index is 4260. The Hall–Kier alpha value is -8.96. The van der Waals surface area contributed by atoms with Crippen molar-refractivity contribution in [2.45, 2.75) is 0 Å². The normalized spacial score (nSPS) is 11.7. The SMILES string of the molecule is c1ccc(-c2cccc3c2oc2ccc(-c4ccc(N(c5ccc(-c6ccc7c(c6)sc6ccccc67)cc5)c5ccc(-c6cccc7c6c6ccccc6n7-c6ccccc6)cc5)cc4)cc23)cc1. The summed E-state index contributed by atoms with van der Waals surface area (Å²) in [6.07, 6.45) is 0. The molecule has 0 spiro atoms. The Morgan fingerprint density at radius 2 is 0.857 bits per heavy atom. The number of aromatic nitrogens is 1. The maximum Gasteiger partial charge on any atom is 0.143 e. The van der Waals surface area contributed by atoms with Gasteiger partial charge in [-0.1, -0.05) is 170 Å². The van der Waals surface area contributed by atoms with Crippen LogP contribution in [0.25, 0.3) is 114 Å². The Kier molecular flexibility index (Phi) is 9.39. The Morgan fingerprint density at radius 3 is 1.60 bits per heavy atom. The Morgan fingerprint density at radius 1 is 0.329 bits per heavy atom. The van der Waals surface area contributed by atoms with E-state index in [4.69, 9.17) is 4.42 Å². The number of hydrogen-bond donors (Lipinski definition) is 0. The third-order valence-electron chi connectivity index (χ3n) is 14.0. The van der Waals surface area contributed by atoms with E-state index in [0.717, 1.165) is 66.9 Å². The summed E-state index contributed by atoms with van der Waals surface area (Å²) in [7, 11) is 0. The van der Waals surface area contributed by atoms with E-state index < -0.39 is 0 Å². The second-order valence-corrected chi connectivity index (χ2v) is 19.1. The van der Waals surface area contributed by atoms with Crippen LogP contribution in [0, 0.1) is 0 Å². The molecule has 0 unspecified atom stereocenters. The standard InChI is InChI=1S/C66H42N2OS/c1-3-13-45(14-4-1)54-20-11-21-57-59-41-47(32-40-62(59)69-66(54)57)43-25-33-50(34-26-43)67(51-35-27-44(28-36-51)48-31-39-56-55-17-8-10-24-63(55)70-64(56)42-48)52-37-29-46(30-38-52)53-19-12-23-61-65(53)58-18-7-9-22-60(58)68(61)49-15-5-2-6-16-49/h1-42H. The number of furan rings is 1. The van der Waals surface area contributed by atoms with Crippen LogP contribution in [-0.2, 0) is 0 Å². The molecular formula is C66H42N2OS. The maximum atomic E-state index is 6.53. The molecule has 3 nitrogen and oxygen atoms in total. The number of nitrogens with zero attached hydrogens (tertiary/aromatic N) is 2. The first-order valence-corrected chi connectivity index (χ1v) is 24.6. The van der Waals surface area contributed by atoms with Crippen LogP contribution in [0.2, 0.25) is 0 Å². The molecule has 0 amide bonds. The van der Waals surface area contributed by atoms with Gasteiger partial charge in [0.15, 0.2) is 0 Å². The molecule has 0 aliphatic heterocycles. The molecule has 11 aromatic carbocycles. The van der Waals surface area contributed by atoms with Gasteiger partial charge in [-0.05, 0) is 124 Å². The predicted molar refractivity (Wildman–Crippen MR) is 297 cm³/mol. The second kappa shape index (κ2) is 16.4. The molecular weight excluding hydrogens is 869 g/mol. The highest BCUT2D eigenvalue weighted by Crippen LogP contribution is 2.43. The number of rotatable bonds is 8. The van der Waals surface area contributed by atoms with E-state index in [9.17, 15) is 0 Å². The van der Waals surface area contributed by atoms with E-state index in [1.165, 1.54) is 64.2 Å². The average molecular weight is 911 g/mol. The fourth-order valence-corrected chi connectivity index (χ4v) is 11.8. The van der Waals surface area contributed by atoms with Crippen LogP contribution >= 0.6 is 11.3 Å². The van der Waals surface area contributed by atoms with E-state index in [2.05, 4.69) is 264 Å². The zero-order valence-electron chi connectivity index (χ0n) is 38.0. The monoisotopic (exact) mass is 910 g/mol. The molecule has 0 fully saturated rings. The molecule has 4 heteroatoms. The zero-order chi connectivity index (χ0) is 46.1. The molecule has 70 heavy (non-hydrogen) atoms. The molecule has 0 aliphatic carbocycles. The van der Waals surface area contributed by atoms with Gasteiger partial charge in [-0.2, -0.15) is 0 Å². The van der Waals surface area contributed by atoms with E-state index in [1.807, 2.05) is 11.3 Å². The van der Waals surface area contributed by atoms with E-state index >= 15 is 0 Å². The molecule has 0 bridgehead atoms. The first kappa shape index (κ1) is 40.1. The quantitative estimate of drug-likeness (QED) is 0.151. The summed E-state index contributed by atoms with van der Waals surface area (Å²) in [4.78, 5) is 2.37. The van der Waals surface area contributed by atoms with Crippen molar-refractivity contribution < 1.29 is 4.42 Å². The Labute approximate surface area is 409 Å². The number of anilines is 3. The fourth-order valence-electron chi connectivity index (χ4n) is 10.7. The van der Waals surface area contributed by atoms with Gasteiger partial charge >= 0.3 is 0 Å². The summed E-state index contributed by atoms with van der Waals surface area (Å²) in [5.74, 6) is 0.